The molecule has 2 amide bonds. The van der Waals surface area contributed by atoms with Gasteiger partial charge in [-0.05, 0) is 100 Å². The fourth-order valence-electron chi connectivity index (χ4n) is 5.46. The molecule has 2 unspecified atom stereocenters. The van der Waals surface area contributed by atoms with Gasteiger partial charge in [-0.1, -0.05) is 47.5 Å². The number of carbonyl (C=O) groups is 2. The topological polar surface area (TPSA) is 180 Å². The highest BCUT2D eigenvalue weighted by molar-refractivity contribution is 6.34. The first kappa shape index (κ1) is 46.5. The molecule has 0 bridgehead atoms. The minimum absolute atomic E-state index is 0.0271. The van der Waals surface area contributed by atoms with Crippen LogP contribution in [0.4, 0.5) is 31.5 Å². The molecule has 14 nitrogen and oxygen atoms in total. The molecular weight excluding hydrogens is 821 g/mol. The molecule has 1 aliphatic rings. The normalized spacial score (nSPS) is 13.7. The lowest BCUT2D eigenvalue weighted by atomic mass is 10.1. The number of ether oxygens (including phenoxy) is 1. The quantitative estimate of drug-likeness (QED) is 0.0588. The van der Waals surface area contributed by atoms with Crippen LogP contribution in [0.2, 0.25) is 10.0 Å². The second kappa shape index (κ2) is 22.3. The van der Waals surface area contributed by atoms with Crippen molar-refractivity contribution < 1.29 is 37.7 Å². The molecule has 5 aromatic rings. The first-order valence-corrected chi connectivity index (χ1v) is 19.2. The van der Waals surface area contributed by atoms with Crippen molar-refractivity contribution in [1.82, 2.24) is 21.0 Å². The molecule has 1 fully saturated rings. The Labute approximate surface area is 355 Å². The Morgan fingerprint density at radius 2 is 1.35 bits per heavy atom. The van der Waals surface area contributed by atoms with E-state index in [0.29, 0.717) is 38.8 Å². The average Bonchev–Trinajstić information content (AvgIpc) is 3.98. The van der Waals surface area contributed by atoms with Crippen molar-refractivity contribution >= 4 is 57.8 Å². The van der Waals surface area contributed by atoms with Gasteiger partial charge in [-0.15, -0.1) is 10.2 Å². The van der Waals surface area contributed by atoms with Crippen LogP contribution in [0.1, 0.15) is 60.1 Å². The summed E-state index contributed by atoms with van der Waals surface area (Å²) in [4.78, 5) is 31.1. The maximum absolute atomic E-state index is 13.4. The highest BCUT2D eigenvalue weighted by Gasteiger charge is 2.27. The van der Waals surface area contributed by atoms with Crippen molar-refractivity contribution in [1.29, 1.82) is 0 Å². The van der Waals surface area contributed by atoms with E-state index in [4.69, 9.17) is 45.5 Å². The Morgan fingerprint density at radius 3 is 1.85 bits per heavy atom. The summed E-state index contributed by atoms with van der Waals surface area (Å²) in [6.07, 6.45) is 0.564. The van der Waals surface area contributed by atoms with Gasteiger partial charge in [0.15, 0.2) is 0 Å². The summed E-state index contributed by atoms with van der Waals surface area (Å²) in [5.74, 6) is -2.13. The molecule has 4 atom stereocenters. The van der Waals surface area contributed by atoms with Gasteiger partial charge in [-0.25, -0.2) is 18.5 Å². The molecule has 314 valence electrons. The number of nitrogens with one attached hydrogen (secondary N) is 4. The molecule has 1 aliphatic heterocycles. The van der Waals surface area contributed by atoms with Crippen molar-refractivity contribution in [2.24, 2.45) is 0 Å². The van der Waals surface area contributed by atoms with E-state index in [0.717, 1.165) is 19.3 Å². The lowest BCUT2D eigenvalue weighted by molar-refractivity contribution is -0.124. The number of nitrogens with zero attached hydrogens (tertiary/aromatic N) is 4. The number of halogens is 4. The number of hydrogen-bond acceptors (Lipinski definition) is 10. The molecule has 60 heavy (non-hydrogen) atoms. The Morgan fingerprint density at radius 1 is 0.783 bits per heavy atom. The summed E-state index contributed by atoms with van der Waals surface area (Å²) in [6, 6.07) is 15.3. The van der Waals surface area contributed by atoms with Crippen LogP contribution >= 0.6 is 23.2 Å². The Bertz CT molecular complexity index is 2350. The number of anilines is 2. The van der Waals surface area contributed by atoms with E-state index in [9.17, 15) is 28.6 Å². The van der Waals surface area contributed by atoms with Crippen molar-refractivity contribution in [2.75, 3.05) is 23.8 Å². The van der Waals surface area contributed by atoms with Gasteiger partial charge < -0.3 is 30.0 Å². The smallest absolute Gasteiger partial charge is 0.269 e. The molecule has 1 aromatic heterocycles. The molecule has 6 rings (SSSR count). The number of amides is 2. The van der Waals surface area contributed by atoms with Crippen molar-refractivity contribution in [3.05, 3.63) is 140 Å². The largest absolute Gasteiger partial charge is 0.418 e. The van der Waals surface area contributed by atoms with Gasteiger partial charge in [0.1, 0.15) is 23.7 Å². The molecule has 2 heterocycles. The van der Waals surface area contributed by atoms with E-state index in [1.807, 2.05) is 0 Å². The molecule has 1 saturated heterocycles. The van der Waals surface area contributed by atoms with E-state index in [-0.39, 0.29) is 28.1 Å². The van der Waals surface area contributed by atoms with Crippen LogP contribution in [0.15, 0.2) is 77.2 Å². The summed E-state index contributed by atoms with van der Waals surface area (Å²) < 4.78 is 37.2. The fraction of sp³-hybridized carbons (Fsp3) is 0.286. The van der Waals surface area contributed by atoms with E-state index >= 15 is 0 Å². The van der Waals surface area contributed by atoms with Crippen LogP contribution in [-0.4, -0.2) is 63.7 Å². The second-order valence-electron chi connectivity index (χ2n) is 13.3. The van der Waals surface area contributed by atoms with E-state index in [1.54, 1.807) is 51.1 Å². The minimum Gasteiger partial charge on any atom is -0.418 e. The van der Waals surface area contributed by atoms with Crippen LogP contribution in [0.25, 0.3) is 21.1 Å². The lowest BCUT2D eigenvalue weighted by Crippen LogP contribution is -2.52. The maximum atomic E-state index is 13.4. The molecule has 0 radical (unpaired) electrons. The van der Waals surface area contributed by atoms with Crippen LogP contribution in [0, 0.1) is 38.6 Å². The van der Waals surface area contributed by atoms with Gasteiger partial charge in [-0.3, -0.25) is 20.4 Å². The molecule has 4 aromatic carbocycles. The highest BCUT2D eigenvalue weighted by Crippen LogP contribution is 2.36. The van der Waals surface area contributed by atoms with Gasteiger partial charge in [-0.2, -0.15) is 0 Å². The molecular formula is C42H42Cl2F2N8O6. The third-order valence-electron chi connectivity index (χ3n) is 8.83. The number of aromatic nitrogens is 2. The van der Waals surface area contributed by atoms with Gasteiger partial charge in [0.2, 0.25) is 23.2 Å². The van der Waals surface area contributed by atoms with Gasteiger partial charge >= 0.3 is 0 Å². The zero-order valence-corrected chi connectivity index (χ0v) is 34.4. The average molecular weight is 864 g/mol. The van der Waals surface area contributed by atoms with Crippen LogP contribution in [0.3, 0.4) is 0 Å². The summed E-state index contributed by atoms with van der Waals surface area (Å²) >= 11 is 12.3. The summed E-state index contributed by atoms with van der Waals surface area (Å²) in [7, 11) is 0. The van der Waals surface area contributed by atoms with Crippen molar-refractivity contribution in [2.45, 2.75) is 64.8 Å². The Kier molecular flexibility index (Phi) is 17.3. The molecule has 6 N–H and O–H groups in total. The second-order valence-corrected chi connectivity index (χ2v) is 14.1. The number of hydrazine groups is 1. The van der Waals surface area contributed by atoms with Gasteiger partial charge in [0, 0.05) is 35.7 Å². The molecule has 0 saturated carbocycles. The Hall–Kier alpha value is -6.14. The maximum Gasteiger partial charge on any atom is 0.269 e. The number of benzene rings is 4. The standard InChI is InChI=1S/C19H18ClFN4O3.C19H16ClFN4O2.C4H8O/c1-10-14(7-8-15(22-3)16(10)20)23-17(11(2)26)19(28)25-24-18(27)12-5-4-6-13(21)9-12;1-10-14(7-8-15(22-3)16(10)20)23-17(11(2)26)19-25-24-18(27-19)12-5-4-6-13(21)9-12;1-2-4-5-3-1/h4-9,11,17,23,26H,1-2H3,(H,24,27)(H,25,28);4-9,11,17,23,26H,1-2H3;1-4H2/t2*11?,17-;/m11./s1. The number of hydrogen-bond donors (Lipinski definition) is 6. The van der Waals surface area contributed by atoms with Gasteiger partial charge in [0.25, 0.3) is 11.8 Å². The van der Waals surface area contributed by atoms with Crippen molar-refractivity contribution in [3.63, 3.8) is 0 Å². The number of aliphatic hydroxyl groups excluding tert-OH is 2. The van der Waals surface area contributed by atoms with E-state index < -0.39 is 47.7 Å². The minimum atomic E-state index is -1.12. The fourth-order valence-corrected chi connectivity index (χ4v) is 5.88. The predicted molar refractivity (Wildman–Crippen MR) is 224 cm³/mol. The molecule has 0 spiro atoms. The van der Waals surface area contributed by atoms with Crippen LogP contribution in [0.5, 0.6) is 0 Å². The highest BCUT2D eigenvalue weighted by atomic mass is 35.5. The zero-order valence-electron chi connectivity index (χ0n) is 32.9. The Balaban J connectivity index is 0.000000236. The summed E-state index contributed by atoms with van der Waals surface area (Å²) in [5, 5.41) is 34.6. The summed E-state index contributed by atoms with van der Waals surface area (Å²) in [6.45, 7) is 22.6. The summed E-state index contributed by atoms with van der Waals surface area (Å²) in [5.41, 5.74) is 7.74. The third-order valence-corrected chi connectivity index (χ3v) is 9.79. The first-order chi connectivity index (χ1) is 28.6. The number of aliphatic hydroxyl groups is 2. The predicted octanol–water partition coefficient (Wildman–Crippen LogP) is 8.68. The molecule has 0 aliphatic carbocycles. The van der Waals surface area contributed by atoms with Crippen molar-refractivity contribution in [3.8, 4) is 11.5 Å². The number of carbonyl (C=O) groups excluding carboxylic acids is 2. The van der Waals surface area contributed by atoms with E-state index in [2.05, 4.69) is 41.4 Å². The van der Waals surface area contributed by atoms with E-state index in [1.165, 1.54) is 56.2 Å². The monoisotopic (exact) mass is 862 g/mol. The third kappa shape index (κ3) is 12.7. The molecule has 18 heteroatoms. The number of rotatable bonds is 10. The van der Waals surface area contributed by atoms with Crippen LogP contribution in [-0.2, 0) is 9.53 Å². The zero-order chi connectivity index (χ0) is 43.9. The van der Waals surface area contributed by atoms with Crippen LogP contribution < -0.4 is 21.5 Å². The lowest BCUT2D eigenvalue weighted by Gasteiger charge is -2.23. The van der Waals surface area contributed by atoms with Gasteiger partial charge in [0.05, 0.1) is 35.4 Å². The first-order valence-electron chi connectivity index (χ1n) is 18.4. The SMILES string of the molecule is C1CCOC1.[C-]#[N+]c1ccc(N[C@@H](C(=O)NNC(=O)c2cccc(F)c2)C(C)O)c(C)c1Cl.[C-]#[N+]c1ccc(N[C@@H](c2nnc(-c3cccc(F)c3)o2)C(C)O)c(C)c1Cl.